The van der Waals surface area contributed by atoms with Gasteiger partial charge in [0, 0.05) is 18.5 Å². The van der Waals surface area contributed by atoms with Gasteiger partial charge in [-0.2, -0.15) is 0 Å². The number of carbonyl (C=O) groups excluding carboxylic acids is 1. The van der Waals surface area contributed by atoms with Gasteiger partial charge in [-0.15, -0.1) is 0 Å². The van der Waals surface area contributed by atoms with Gasteiger partial charge in [0.2, 0.25) is 0 Å². The van der Waals surface area contributed by atoms with Crippen molar-refractivity contribution in [3.8, 4) is 11.5 Å². The molecule has 1 amide bonds. The molecule has 2 aliphatic heterocycles. The predicted molar refractivity (Wildman–Crippen MR) is 91.3 cm³/mol. The highest BCUT2D eigenvalue weighted by molar-refractivity contribution is 5.92. The molecule has 1 unspecified atom stereocenters. The minimum Gasteiger partial charge on any atom is -0.493 e. The summed E-state index contributed by atoms with van der Waals surface area (Å²) in [7, 11) is 1.63. The van der Waals surface area contributed by atoms with E-state index in [4.69, 9.17) is 20.2 Å². The molecule has 0 radical (unpaired) electrons. The lowest BCUT2D eigenvalue weighted by molar-refractivity contribution is -0.146. The van der Waals surface area contributed by atoms with Crippen LogP contribution in [0.3, 0.4) is 0 Å². The first kappa shape index (κ1) is 16.2. The third kappa shape index (κ3) is 2.83. The number of hydrogen-bond donors (Lipinski definition) is 2. The van der Waals surface area contributed by atoms with E-state index in [9.17, 15) is 4.79 Å². The fourth-order valence-corrected chi connectivity index (χ4v) is 3.67. The smallest absolute Gasteiger partial charge is 0.275 e. The van der Waals surface area contributed by atoms with Crippen LogP contribution >= 0.6 is 0 Å². The van der Waals surface area contributed by atoms with Gasteiger partial charge in [-0.25, -0.2) is 5.84 Å². The van der Waals surface area contributed by atoms with E-state index < -0.39 is 5.60 Å². The lowest BCUT2D eigenvalue weighted by atomic mass is 10.00. The summed E-state index contributed by atoms with van der Waals surface area (Å²) in [5, 5.41) is 1.20. The zero-order chi connectivity index (χ0) is 17.4. The maximum Gasteiger partial charge on any atom is 0.275 e. The molecule has 7 nitrogen and oxygen atoms in total. The van der Waals surface area contributed by atoms with E-state index in [0.717, 1.165) is 24.1 Å². The van der Waals surface area contributed by atoms with Gasteiger partial charge in [0.25, 0.3) is 5.91 Å². The average molecular weight is 345 g/mol. The summed E-state index contributed by atoms with van der Waals surface area (Å²) in [6.45, 7) is 0.475. The van der Waals surface area contributed by atoms with Crippen molar-refractivity contribution in [1.29, 1.82) is 0 Å². The van der Waals surface area contributed by atoms with Gasteiger partial charge in [-0.1, -0.05) is 0 Å². The van der Waals surface area contributed by atoms with Gasteiger partial charge in [-0.05, 0) is 50.0 Å². The van der Waals surface area contributed by atoms with Crippen molar-refractivity contribution in [1.82, 2.24) is 10.5 Å². The fraction of sp³-hybridized carbons (Fsp3) is 0.500. The molecule has 0 bridgehead atoms. The first-order valence-electron chi connectivity index (χ1n) is 8.70. The normalized spacial score (nSPS) is 26.2. The van der Waals surface area contributed by atoms with Crippen molar-refractivity contribution >= 4 is 11.6 Å². The molecule has 3 N–H and O–H groups in total. The number of benzene rings is 1. The maximum atomic E-state index is 12.3. The summed E-state index contributed by atoms with van der Waals surface area (Å²) in [5.41, 5.74) is 3.49. The molecule has 1 aromatic rings. The highest BCUT2D eigenvalue weighted by Gasteiger charge is 2.49. The molecule has 1 aromatic carbocycles. The SMILES string of the molecule is COc1ccc(C2=CC3(CCN(N)C3=O)ON2)cc1OC1CCCC1. The molecule has 7 heteroatoms. The van der Waals surface area contributed by atoms with Crippen molar-refractivity contribution in [2.75, 3.05) is 13.7 Å². The largest absolute Gasteiger partial charge is 0.493 e. The van der Waals surface area contributed by atoms with Crippen LogP contribution in [0.4, 0.5) is 0 Å². The molecule has 1 spiro atoms. The Hall–Kier alpha value is -2.25. The minimum atomic E-state index is -1.00. The lowest BCUT2D eigenvalue weighted by Gasteiger charge is -2.17. The summed E-state index contributed by atoms with van der Waals surface area (Å²) >= 11 is 0. The molecule has 25 heavy (non-hydrogen) atoms. The van der Waals surface area contributed by atoms with Crippen LogP contribution < -0.4 is 20.8 Å². The zero-order valence-corrected chi connectivity index (χ0v) is 14.3. The molecule has 4 rings (SSSR count). The zero-order valence-electron chi connectivity index (χ0n) is 14.3. The molecule has 1 atom stereocenters. The Labute approximate surface area is 146 Å². The van der Waals surface area contributed by atoms with Gasteiger partial charge in [-0.3, -0.25) is 20.1 Å². The third-order valence-corrected chi connectivity index (χ3v) is 5.14. The molecular weight excluding hydrogens is 322 g/mol. The summed E-state index contributed by atoms with van der Waals surface area (Å²) in [4.78, 5) is 17.8. The van der Waals surface area contributed by atoms with Gasteiger partial charge < -0.3 is 9.47 Å². The summed E-state index contributed by atoms with van der Waals surface area (Å²) in [6.07, 6.45) is 7.12. The average Bonchev–Trinajstić information content (AvgIpc) is 3.34. The second-order valence-corrected chi connectivity index (χ2v) is 6.79. The molecule has 134 valence electrons. The number of hydroxylamine groups is 1. The van der Waals surface area contributed by atoms with Crippen molar-refractivity contribution in [3.63, 3.8) is 0 Å². The highest BCUT2D eigenvalue weighted by atomic mass is 16.7. The number of ether oxygens (including phenoxy) is 2. The first-order chi connectivity index (χ1) is 12.1. The number of amides is 1. The van der Waals surface area contributed by atoms with Crippen LogP contribution in [-0.2, 0) is 9.63 Å². The van der Waals surface area contributed by atoms with E-state index >= 15 is 0 Å². The second-order valence-electron chi connectivity index (χ2n) is 6.79. The monoisotopic (exact) mass is 345 g/mol. The van der Waals surface area contributed by atoms with E-state index in [-0.39, 0.29) is 12.0 Å². The summed E-state index contributed by atoms with van der Waals surface area (Å²) in [5.74, 6) is 6.87. The number of hydrazine groups is 1. The van der Waals surface area contributed by atoms with Crippen molar-refractivity contribution < 1.29 is 19.1 Å². The second kappa shape index (κ2) is 6.24. The lowest BCUT2D eigenvalue weighted by Crippen LogP contribution is -2.43. The van der Waals surface area contributed by atoms with E-state index in [2.05, 4.69) is 5.48 Å². The van der Waals surface area contributed by atoms with Crippen LogP contribution in [0.2, 0.25) is 0 Å². The molecule has 1 aliphatic carbocycles. The van der Waals surface area contributed by atoms with Crippen LogP contribution in [0.15, 0.2) is 24.3 Å². The van der Waals surface area contributed by atoms with Crippen LogP contribution in [-0.4, -0.2) is 36.3 Å². The molecular formula is C18H23N3O4. The molecule has 1 saturated carbocycles. The Morgan fingerprint density at radius 3 is 2.80 bits per heavy atom. The maximum absolute atomic E-state index is 12.3. The Bertz CT molecular complexity index is 714. The van der Waals surface area contributed by atoms with E-state index in [1.54, 1.807) is 7.11 Å². The van der Waals surface area contributed by atoms with E-state index in [0.29, 0.717) is 24.5 Å². The molecule has 1 saturated heterocycles. The summed E-state index contributed by atoms with van der Waals surface area (Å²) < 4.78 is 11.6. The van der Waals surface area contributed by atoms with Crippen LogP contribution in [0.5, 0.6) is 11.5 Å². The molecule has 2 heterocycles. The quantitative estimate of drug-likeness (QED) is 0.639. The Morgan fingerprint density at radius 2 is 2.12 bits per heavy atom. The Kier molecular flexibility index (Phi) is 4.05. The van der Waals surface area contributed by atoms with Gasteiger partial charge in [0.05, 0.1) is 18.9 Å². The Balaban J connectivity index is 1.61. The number of rotatable bonds is 4. The van der Waals surface area contributed by atoms with E-state index in [1.807, 2.05) is 24.3 Å². The number of methoxy groups -OCH3 is 1. The van der Waals surface area contributed by atoms with Crippen LogP contribution in [0.1, 0.15) is 37.7 Å². The first-order valence-corrected chi connectivity index (χ1v) is 8.70. The van der Waals surface area contributed by atoms with Crippen LogP contribution in [0, 0.1) is 0 Å². The van der Waals surface area contributed by atoms with Gasteiger partial charge >= 0.3 is 0 Å². The number of hydrogen-bond acceptors (Lipinski definition) is 6. The number of nitrogens with zero attached hydrogens (tertiary/aromatic N) is 1. The van der Waals surface area contributed by atoms with Crippen molar-refractivity contribution in [2.24, 2.45) is 5.84 Å². The molecule has 0 aromatic heterocycles. The minimum absolute atomic E-state index is 0.231. The number of carbonyl (C=O) groups is 1. The third-order valence-electron chi connectivity index (χ3n) is 5.14. The van der Waals surface area contributed by atoms with Crippen LogP contribution in [0.25, 0.3) is 5.70 Å². The summed E-state index contributed by atoms with van der Waals surface area (Å²) in [6, 6.07) is 5.72. The Morgan fingerprint density at radius 1 is 1.32 bits per heavy atom. The van der Waals surface area contributed by atoms with Gasteiger partial charge in [0.1, 0.15) is 0 Å². The molecule has 3 aliphatic rings. The topological polar surface area (TPSA) is 86.1 Å². The fourth-order valence-electron chi connectivity index (χ4n) is 3.67. The number of nitrogens with two attached hydrogens (primary N) is 1. The van der Waals surface area contributed by atoms with Gasteiger partial charge in [0.15, 0.2) is 17.1 Å². The number of nitrogens with one attached hydrogen (secondary N) is 1. The van der Waals surface area contributed by atoms with E-state index in [1.165, 1.54) is 17.9 Å². The predicted octanol–water partition coefficient (Wildman–Crippen LogP) is 1.74. The van der Waals surface area contributed by atoms with Crippen molar-refractivity contribution in [3.05, 3.63) is 29.8 Å². The van der Waals surface area contributed by atoms with Crippen molar-refractivity contribution in [2.45, 2.75) is 43.8 Å². The highest BCUT2D eigenvalue weighted by Crippen LogP contribution is 2.37. The standard InChI is InChI=1S/C18H23N3O4/c1-23-15-7-6-12(10-16(15)24-13-4-2-3-5-13)14-11-18(25-20-14)8-9-21(19)17(18)22/h6-7,10-11,13,20H,2-5,8-9,19H2,1H3. The molecule has 2 fully saturated rings.